The lowest BCUT2D eigenvalue weighted by atomic mass is 9.91. The van der Waals surface area contributed by atoms with Crippen LogP contribution < -0.4 is 5.32 Å². The molecule has 1 aromatic rings. The van der Waals surface area contributed by atoms with Gasteiger partial charge in [0.05, 0.1) is 5.56 Å². The van der Waals surface area contributed by atoms with Gasteiger partial charge in [-0.25, -0.2) is 4.39 Å². The highest BCUT2D eigenvalue weighted by Crippen LogP contribution is 2.23. The van der Waals surface area contributed by atoms with Gasteiger partial charge < -0.3 is 10.2 Å². The lowest BCUT2D eigenvalue weighted by molar-refractivity contribution is -0.121. The number of amides is 2. The third kappa shape index (κ3) is 5.05. The molecule has 1 heterocycles. The van der Waals surface area contributed by atoms with Gasteiger partial charge in [-0.15, -0.1) is 0 Å². The second-order valence-corrected chi connectivity index (χ2v) is 6.10. The summed E-state index contributed by atoms with van der Waals surface area (Å²) in [7, 11) is 0. The van der Waals surface area contributed by atoms with Crippen molar-refractivity contribution < 1.29 is 14.0 Å². The Morgan fingerprint density at radius 1 is 1.26 bits per heavy atom. The van der Waals surface area contributed by atoms with Gasteiger partial charge in [0.1, 0.15) is 5.82 Å². The van der Waals surface area contributed by atoms with Gasteiger partial charge in [0.25, 0.3) is 5.91 Å². The summed E-state index contributed by atoms with van der Waals surface area (Å²) in [5.41, 5.74) is 0.143. The predicted octanol–water partition coefficient (Wildman–Crippen LogP) is 2.98. The van der Waals surface area contributed by atoms with Gasteiger partial charge in [-0.3, -0.25) is 9.59 Å². The minimum absolute atomic E-state index is 0.108. The van der Waals surface area contributed by atoms with Crippen molar-refractivity contribution in [2.24, 2.45) is 5.92 Å². The first-order chi connectivity index (χ1) is 11.1. The number of hydrogen-bond donors (Lipinski definition) is 1. The molecule has 1 aromatic carbocycles. The molecule has 0 spiro atoms. The molecule has 126 valence electrons. The molecule has 23 heavy (non-hydrogen) atoms. The van der Waals surface area contributed by atoms with Crippen LogP contribution in [0.1, 0.15) is 49.4 Å². The van der Waals surface area contributed by atoms with Crippen LogP contribution in [0.25, 0.3) is 0 Å². The van der Waals surface area contributed by atoms with Crippen LogP contribution in [0.15, 0.2) is 24.3 Å². The SMILES string of the molecule is CCCNC(=O)CCC1CCN(C(=O)c2ccccc2F)CC1. The van der Waals surface area contributed by atoms with Crippen molar-refractivity contribution in [2.45, 2.75) is 39.0 Å². The molecule has 0 aromatic heterocycles. The van der Waals surface area contributed by atoms with E-state index in [1.54, 1.807) is 17.0 Å². The van der Waals surface area contributed by atoms with Gasteiger partial charge in [0.15, 0.2) is 0 Å². The molecule has 0 atom stereocenters. The summed E-state index contributed by atoms with van der Waals surface area (Å²) in [4.78, 5) is 25.7. The molecule has 0 saturated carbocycles. The summed E-state index contributed by atoms with van der Waals surface area (Å²) in [6, 6.07) is 6.11. The Morgan fingerprint density at radius 2 is 1.96 bits per heavy atom. The third-order valence-electron chi connectivity index (χ3n) is 4.36. The monoisotopic (exact) mass is 320 g/mol. The number of likely N-dealkylation sites (tertiary alicyclic amines) is 1. The largest absolute Gasteiger partial charge is 0.356 e. The molecule has 2 rings (SSSR count). The maximum Gasteiger partial charge on any atom is 0.256 e. The zero-order chi connectivity index (χ0) is 16.7. The molecule has 0 radical (unpaired) electrons. The number of nitrogens with zero attached hydrogens (tertiary/aromatic N) is 1. The van der Waals surface area contributed by atoms with Crippen LogP contribution in [-0.4, -0.2) is 36.3 Å². The summed E-state index contributed by atoms with van der Waals surface area (Å²) < 4.78 is 13.7. The van der Waals surface area contributed by atoms with Gasteiger partial charge in [-0.2, -0.15) is 0 Å². The first kappa shape index (κ1) is 17.4. The highest BCUT2D eigenvalue weighted by molar-refractivity contribution is 5.94. The van der Waals surface area contributed by atoms with Gasteiger partial charge in [-0.05, 0) is 43.7 Å². The first-order valence-electron chi connectivity index (χ1n) is 8.42. The molecule has 4 nitrogen and oxygen atoms in total. The predicted molar refractivity (Wildman–Crippen MR) is 87.6 cm³/mol. The Morgan fingerprint density at radius 3 is 2.61 bits per heavy atom. The standard InChI is InChI=1S/C18H25FN2O2/c1-2-11-20-17(22)8-7-14-9-12-21(13-10-14)18(23)15-5-3-4-6-16(15)19/h3-6,14H,2,7-13H2,1H3,(H,20,22). The van der Waals surface area contributed by atoms with Crippen molar-refractivity contribution in [1.82, 2.24) is 10.2 Å². The molecule has 1 aliphatic heterocycles. The Hall–Kier alpha value is -1.91. The Bertz CT molecular complexity index is 540. The van der Waals surface area contributed by atoms with Crippen molar-refractivity contribution in [2.75, 3.05) is 19.6 Å². The molecule has 0 unspecified atom stereocenters. The number of piperidine rings is 1. The quantitative estimate of drug-likeness (QED) is 0.876. The average Bonchev–Trinajstić information content (AvgIpc) is 2.58. The molecule has 1 fully saturated rings. The van der Waals surface area contributed by atoms with Gasteiger partial charge in [0, 0.05) is 26.1 Å². The van der Waals surface area contributed by atoms with E-state index in [0.29, 0.717) is 25.4 Å². The molecular weight excluding hydrogens is 295 g/mol. The van der Waals surface area contributed by atoms with Crippen molar-refractivity contribution >= 4 is 11.8 Å². The second kappa shape index (κ2) is 8.65. The minimum Gasteiger partial charge on any atom is -0.356 e. The highest BCUT2D eigenvalue weighted by atomic mass is 19.1. The van der Waals surface area contributed by atoms with Crippen molar-refractivity contribution in [3.05, 3.63) is 35.6 Å². The summed E-state index contributed by atoms with van der Waals surface area (Å²) >= 11 is 0. The lowest BCUT2D eigenvalue weighted by Crippen LogP contribution is -2.39. The fraction of sp³-hybridized carbons (Fsp3) is 0.556. The van der Waals surface area contributed by atoms with E-state index < -0.39 is 5.82 Å². The average molecular weight is 320 g/mol. The summed E-state index contributed by atoms with van der Waals surface area (Å²) in [6.45, 7) is 4.03. The zero-order valence-electron chi connectivity index (χ0n) is 13.7. The molecule has 0 aliphatic carbocycles. The summed E-state index contributed by atoms with van der Waals surface area (Å²) in [6.07, 6.45) is 4.11. The summed E-state index contributed by atoms with van der Waals surface area (Å²) in [5.74, 6) is -0.127. The fourth-order valence-corrected chi connectivity index (χ4v) is 2.92. The number of halogens is 1. The van der Waals surface area contributed by atoms with E-state index in [2.05, 4.69) is 5.32 Å². The van der Waals surface area contributed by atoms with E-state index in [0.717, 1.165) is 32.2 Å². The van der Waals surface area contributed by atoms with Crippen LogP contribution in [0.4, 0.5) is 4.39 Å². The Balaban J connectivity index is 1.77. The second-order valence-electron chi connectivity index (χ2n) is 6.10. The van der Waals surface area contributed by atoms with E-state index in [9.17, 15) is 14.0 Å². The van der Waals surface area contributed by atoms with Crippen molar-refractivity contribution in [1.29, 1.82) is 0 Å². The van der Waals surface area contributed by atoms with Crippen LogP contribution in [-0.2, 0) is 4.79 Å². The highest BCUT2D eigenvalue weighted by Gasteiger charge is 2.25. The number of nitrogens with one attached hydrogen (secondary N) is 1. The molecular formula is C18H25FN2O2. The topological polar surface area (TPSA) is 49.4 Å². The van der Waals surface area contributed by atoms with Gasteiger partial charge in [-0.1, -0.05) is 19.1 Å². The number of carbonyl (C=O) groups is 2. The third-order valence-corrected chi connectivity index (χ3v) is 4.36. The van der Waals surface area contributed by atoms with E-state index >= 15 is 0 Å². The van der Waals surface area contributed by atoms with Crippen molar-refractivity contribution in [3.8, 4) is 0 Å². The Kier molecular flexibility index (Phi) is 6.56. The van der Waals surface area contributed by atoms with Gasteiger partial charge in [0.2, 0.25) is 5.91 Å². The number of hydrogen-bond acceptors (Lipinski definition) is 2. The normalized spacial score (nSPS) is 15.5. The Labute approximate surface area is 137 Å². The molecule has 1 saturated heterocycles. The van der Waals surface area contributed by atoms with Gasteiger partial charge >= 0.3 is 0 Å². The zero-order valence-corrected chi connectivity index (χ0v) is 13.7. The van der Waals surface area contributed by atoms with Crippen LogP contribution in [0.3, 0.4) is 0 Å². The van der Waals surface area contributed by atoms with Crippen LogP contribution in [0.2, 0.25) is 0 Å². The molecule has 5 heteroatoms. The maximum absolute atomic E-state index is 13.7. The number of carbonyl (C=O) groups excluding carboxylic acids is 2. The number of benzene rings is 1. The number of rotatable bonds is 6. The maximum atomic E-state index is 13.7. The molecule has 0 bridgehead atoms. The molecule has 2 amide bonds. The minimum atomic E-state index is -0.466. The van der Waals surface area contributed by atoms with Crippen LogP contribution >= 0.6 is 0 Å². The molecule has 1 aliphatic rings. The fourth-order valence-electron chi connectivity index (χ4n) is 2.92. The van der Waals surface area contributed by atoms with E-state index in [1.807, 2.05) is 6.92 Å². The van der Waals surface area contributed by atoms with Crippen LogP contribution in [0.5, 0.6) is 0 Å². The molecule has 1 N–H and O–H groups in total. The first-order valence-corrected chi connectivity index (χ1v) is 8.42. The van der Waals surface area contributed by atoms with E-state index in [4.69, 9.17) is 0 Å². The van der Waals surface area contributed by atoms with E-state index in [-0.39, 0.29) is 17.4 Å². The lowest BCUT2D eigenvalue weighted by Gasteiger charge is -2.32. The summed E-state index contributed by atoms with van der Waals surface area (Å²) in [5, 5.41) is 2.88. The smallest absolute Gasteiger partial charge is 0.256 e. The van der Waals surface area contributed by atoms with E-state index in [1.165, 1.54) is 12.1 Å². The van der Waals surface area contributed by atoms with Crippen LogP contribution in [0, 0.1) is 11.7 Å². The van der Waals surface area contributed by atoms with Crippen molar-refractivity contribution in [3.63, 3.8) is 0 Å².